The Morgan fingerprint density at radius 3 is 2.33 bits per heavy atom. The fourth-order valence-corrected chi connectivity index (χ4v) is 5.70. The van der Waals surface area contributed by atoms with Gasteiger partial charge in [-0.1, -0.05) is 44.5 Å². The Labute approximate surface area is 165 Å². The number of likely N-dealkylation sites (tertiary alicyclic amines) is 1. The molecule has 6 heteroatoms. The number of hydrogen-bond donors (Lipinski definition) is 1. The lowest BCUT2D eigenvalue weighted by Gasteiger charge is -2.35. The van der Waals surface area contributed by atoms with Crippen molar-refractivity contribution in [2.75, 3.05) is 26.2 Å². The van der Waals surface area contributed by atoms with Crippen LogP contribution in [0.15, 0.2) is 24.3 Å². The molecule has 27 heavy (non-hydrogen) atoms. The van der Waals surface area contributed by atoms with Gasteiger partial charge in [-0.3, -0.25) is 4.90 Å². The molecule has 5 nitrogen and oxygen atoms in total. The van der Waals surface area contributed by atoms with Gasteiger partial charge in [0.15, 0.2) is 0 Å². The third-order valence-corrected chi connectivity index (χ3v) is 7.23. The van der Waals surface area contributed by atoms with E-state index < -0.39 is 10.2 Å². The third-order valence-electron chi connectivity index (χ3n) is 5.55. The molecule has 0 spiro atoms. The average Bonchev–Trinajstić information content (AvgIpc) is 2.64. The molecule has 3 rings (SSSR count). The molecular formula is C21H35N3O2S. The lowest BCUT2D eigenvalue weighted by Crippen LogP contribution is -2.52. The molecule has 0 unspecified atom stereocenters. The molecule has 2 heterocycles. The Bertz CT molecular complexity index is 682. The zero-order chi connectivity index (χ0) is 19.3. The lowest BCUT2D eigenvalue weighted by molar-refractivity contribution is 0.192. The van der Waals surface area contributed by atoms with Gasteiger partial charge < -0.3 is 0 Å². The van der Waals surface area contributed by atoms with Crippen molar-refractivity contribution in [1.82, 2.24) is 13.9 Å². The van der Waals surface area contributed by atoms with Gasteiger partial charge in [-0.2, -0.15) is 17.4 Å². The second-order valence-corrected chi connectivity index (χ2v) is 10.3. The zero-order valence-electron chi connectivity index (χ0n) is 16.9. The van der Waals surface area contributed by atoms with Crippen LogP contribution in [-0.2, 0) is 23.2 Å². The van der Waals surface area contributed by atoms with E-state index in [0.29, 0.717) is 19.0 Å². The first kappa shape index (κ1) is 20.8. The molecule has 2 fully saturated rings. The average molecular weight is 394 g/mol. The summed E-state index contributed by atoms with van der Waals surface area (Å²) in [7, 11) is -3.34. The fourth-order valence-electron chi connectivity index (χ4n) is 4.20. The highest BCUT2D eigenvalue weighted by molar-refractivity contribution is 7.87. The van der Waals surface area contributed by atoms with Crippen LogP contribution in [0, 0.1) is 5.92 Å². The van der Waals surface area contributed by atoms with Gasteiger partial charge in [0.25, 0.3) is 10.2 Å². The Balaban J connectivity index is 1.53. The summed E-state index contributed by atoms with van der Waals surface area (Å²) in [5, 5.41) is 0. The summed E-state index contributed by atoms with van der Waals surface area (Å²) in [6.07, 6.45) is 6.17. The molecule has 0 bridgehead atoms. The molecule has 2 aliphatic heterocycles. The third kappa shape index (κ3) is 6.28. The highest BCUT2D eigenvalue weighted by Crippen LogP contribution is 2.18. The number of nitrogens with one attached hydrogen (secondary N) is 1. The minimum absolute atomic E-state index is 0.0193. The summed E-state index contributed by atoms with van der Waals surface area (Å²) in [4.78, 5) is 2.38. The highest BCUT2D eigenvalue weighted by atomic mass is 32.2. The number of benzene rings is 1. The predicted molar refractivity (Wildman–Crippen MR) is 111 cm³/mol. The van der Waals surface area contributed by atoms with Crippen molar-refractivity contribution in [1.29, 1.82) is 0 Å². The molecule has 2 saturated heterocycles. The molecule has 2 aliphatic rings. The van der Waals surface area contributed by atoms with Crippen LogP contribution >= 0.6 is 0 Å². The van der Waals surface area contributed by atoms with Gasteiger partial charge in [-0.05, 0) is 55.7 Å². The van der Waals surface area contributed by atoms with Crippen LogP contribution in [0.3, 0.4) is 0 Å². The molecular weight excluding hydrogens is 358 g/mol. The van der Waals surface area contributed by atoms with Crippen LogP contribution in [0.25, 0.3) is 0 Å². The first-order valence-electron chi connectivity index (χ1n) is 10.5. The van der Waals surface area contributed by atoms with E-state index in [1.165, 1.54) is 11.1 Å². The van der Waals surface area contributed by atoms with Gasteiger partial charge in [0.05, 0.1) is 0 Å². The summed E-state index contributed by atoms with van der Waals surface area (Å²) >= 11 is 0. The van der Waals surface area contributed by atoms with Gasteiger partial charge in [-0.15, -0.1) is 0 Å². The van der Waals surface area contributed by atoms with E-state index in [-0.39, 0.29) is 6.04 Å². The van der Waals surface area contributed by atoms with Gasteiger partial charge in [0, 0.05) is 32.2 Å². The predicted octanol–water partition coefficient (Wildman–Crippen LogP) is 3.17. The quantitative estimate of drug-likeness (QED) is 0.774. The van der Waals surface area contributed by atoms with Crippen molar-refractivity contribution < 1.29 is 8.42 Å². The maximum Gasteiger partial charge on any atom is 0.279 e. The van der Waals surface area contributed by atoms with E-state index in [2.05, 4.69) is 47.7 Å². The fraction of sp³-hybridized carbons (Fsp3) is 0.714. The molecule has 0 amide bonds. The van der Waals surface area contributed by atoms with E-state index in [9.17, 15) is 8.42 Å². The smallest absolute Gasteiger partial charge is 0.279 e. The van der Waals surface area contributed by atoms with Crippen molar-refractivity contribution in [3.63, 3.8) is 0 Å². The van der Waals surface area contributed by atoms with Gasteiger partial charge in [0.1, 0.15) is 0 Å². The first-order chi connectivity index (χ1) is 12.9. The molecule has 1 aromatic rings. The van der Waals surface area contributed by atoms with Crippen LogP contribution in [0.5, 0.6) is 0 Å². The van der Waals surface area contributed by atoms with Crippen LogP contribution in [-0.4, -0.2) is 49.8 Å². The van der Waals surface area contributed by atoms with Gasteiger partial charge in [0.2, 0.25) is 0 Å². The van der Waals surface area contributed by atoms with Crippen LogP contribution in [0.2, 0.25) is 0 Å². The summed E-state index contributed by atoms with van der Waals surface area (Å²) in [5.41, 5.74) is 2.70. The molecule has 0 radical (unpaired) electrons. The minimum atomic E-state index is -3.34. The summed E-state index contributed by atoms with van der Waals surface area (Å²) in [5.74, 6) is 0.673. The molecule has 0 aromatic heterocycles. The largest absolute Gasteiger partial charge is 0.298 e. The Kier molecular flexibility index (Phi) is 7.31. The van der Waals surface area contributed by atoms with E-state index >= 15 is 0 Å². The number of piperidine rings is 2. The van der Waals surface area contributed by atoms with Gasteiger partial charge >= 0.3 is 0 Å². The molecule has 1 aromatic carbocycles. The van der Waals surface area contributed by atoms with Crippen LogP contribution in [0.1, 0.15) is 57.1 Å². The van der Waals surface area contributed by atoms with Crippen molar-refractivity contribution in [3.8, 4) is 0 Å². The molecule has 0 saturated carbocycles. The Hall–Kier alpha value is -0.950. The molecule has 152 valence electrons. The van der Waals surface area contributed by atoms with Crippen LogP contribution in [0.4, 0.5) is 0 Å². The van der Waals surface area contributed by atoms with Crippen molar-refractivity contribution in [2.45, 2.75) is 65.0 Å². The summed E-state index contributed by atoms with van der Waals surface area (Å²) < 4.78 is 29.9. The number of nitrogens with zero attached hydrogens (tertiary/aromatic N) is 2. The summed E-state index contributed by atoms with van der Waals surface area (Å²) in [6.45, 7) is 8.53. The van der Waals surface area contributed by atoms with E-state index in [0.717, 1.165) is 58.2 Å². The number of rotatable bonds is 7. The standard InChI is InChI=1S/C21H35N3O2S/c1-18(2)15-19-8-10-20(11-9-19)16-23-12-6-7-21(17-23)22-27(25,26)24-13-4-3-5-14-24/h8-11,18,21-22H,3-7,12-17H2,1-2H3/t21-/m1/s1. The molecule has 1 atom stereocenters. The van der Waals surface area contributed by atoms with E-state index in [1.54, 1.807) is 4.31 Å². The van der Waals surface area contributed by atoms with Crippen molar-refractivity contribution >= 4 is 10.2 Å². The SMILES string of the molecule is CC(C)Cc1ccc(CN2CCC[C@@H](NS(=O)(=O)N3CCCCC3)C2)cc1. The zero-order valence-corrected chi connectivity index (χ0v) is 17.7. The van der Waals surface area contributed by atoms with E-state index in [1.807, 2.05) is 0 Å². The lowest BCUT2D eigenvalue weighted by atomic mass is 10.0. The second-order valence-electron chi connectivity index (χ2n) is 8.57. The highest BCUT2D eigenvalue weighted by Gasteiger charge is 2.29. The Morgan fingerprint density at radius 1 is 1.00 bits per heavy atom. The van der Waals surface area contributed by atoms with Crippen molar-refractivity contribution in [3.05, 3.63) is 35.4 Å². The minimum Gasteiger partial charge on any atom is -0.298 e. The monoisotopic (exact) mass is 393 g/mol. The van der Waals surface area contributed by atoms with Gasteiger partial charge in [-0.25, -0.2) is 0 Å². The summed E-state index contributed by atoms with van der Waals surface area (Å²) in [6, 6.07) is 8.93. The normalized spacial score (nSPS) is 23.0. The second kappa shape index (κ2) is 9.50. The van der Waals surface area contributed by atoms with Crippen molar-refractivity contribution in [2.24, 2.45) is 5.92 Å². The topological polar surface area (TPSA) is 52.7 Å². The number of hydrogen-bond acceptors (Lipinski definition) is 3. The van der Waals surface area contributed by atoms with Crippen LogP contribution < -0.4 is 4.72 Å². The first-order valence-corrected chi connectivity index (χ1v) is 11.9. The van der Waals surface area contributed by atoms with E-state index in [4.69, 9.17) is 0 Å². The molecule has 0 aliphatic carbocycles. The molecule has 1 N–H and O–H groups in total. The maximum absolute atomic E-state index is 12.6. The maximum atomic E-state index is 12.6. The Morgan fingerprint density at radius 2 is 1.67 bits per heavy atom.